The molecule has 1 heterocycles. The summed E-state index contributed by atoms with van der Waals surface area (Å²) in [6.07, 6.45) is 1.67. The highest BCUT2D eigenvalue weighted by molar-refractivity contribution is 9.10. The normalized spacial score (nSPS) is 10.8. The molecule has 0 radical (unpaired) electrons. The second-order valence-electron chi connectivity index (χ2n) is 5.32. The average molecular weight is 407 g/mol. The lowest BCUT2D eigenvalue weighted by Crippen LogP contribution is -2.13. The van der Waals surface area contributed by atoms with Crippen molar-refractivity contribution in [1.29, 1.82) is 0 Å². The van der Waals surface area contributed by atoms with E-state index in [0.29, 0.717) is 24.7 Å². The van der Waals surface area contributed by atoms with Crippen molar-refractivity contribution >= 4 is 27.5 Å². The maximum absolute atomic E-state index is 6.19. The van der Waals surface area contributed by atoms with Crippen LogP contribution in [-0.2, 0) is 19.7 Å². The Morgan fingerprint density at radius 1 is 1.00 bits per heavy atom. The molecule has 0 aliphatic carbocycles. The number of nitrogens with one attached hydrogen (secondary N) is 1. The zero-order chi connectivity index (χ0) is 16.8. The van der Waals surface area contributed by atoms with E-state index in [0.717, 1.165) is 27.1 Å². The zero-order valence-electron chi connectivity index (χ0n) is 13.0. The van der Waals surface area contributed by atoms with E-state index in [1.807, 2.05) is 48.5 Å². The van der Waals surface area contributed by atoms with Gasteiger partial charge in [-0.3, -0.25) is 0 Å². The first kappa shape index (κ1) is 17.1. The van der Waals surface area contributed by atoms with Gasteiger partial charge in [0.15, 0.2) is 0 Å². The van der Waals surface area contributed by atoms with E-state index in [1.54, 1.807) is 6.26 Å². The second-order valence-corrected chi connectivity index (χ2v) is 6.64. The van der Waals surface area contributed by atoms with Gasteiger partial charge >= 0.3 is 0 Å². The summed E-state index contributed by atoms with van der Waals surface area (Å²) in [5.41, 5.74) is 2.04. The molecule has 0 saturated carbocycles. The molecule has 3 aromatic rings. The van der Waals surface area contributed by atoms with Crippen LogP contribution < -0.4 is 10.1 Å². The Morgan fingerprint density at radius 2 is 1.88 bits per heavy atom. The van der Waals surface area contributed by atoms with Crippen LogP contribution in [0, 0.1) is 0 Å². The van der Waals surface area contributed by atoms with Gasteiger partial charge in [-0.05, 0) is 36.4 Å². The molecule has 0 unspecified atom stereocenters. The number of benzene rings is 2. The summed E-state index contributed by atoms with van der Waals surface area (Å²) in [7, 11) is 0. The van der Waals surface area contributed by atoms with Gasteiger partial charge in [0.05, 0.1) is 12.8 Å². The number of ether oxygens (including phenoxy) is 1. The molecule has 0 atom stereocenters. The second kappa shape index (κ2) is 8.38. The topological polar surface area (TPSA) is 34.4 Å². The minimum atomic E-state index is 0.437. The van der Waals surface area contributed by atoms with Crippen LogP contribution in [0.15, 0.2) is 69.8 Å². The number of halogens is 2. The van der Waals surface area contributed by atoms with Crippen molar-refractivity contribution in [3.63, 3.8) is 0 Å². The molecular formula is C19H17BrClNO2. The Bertz CT molecular complexity index is 790. The molecule has 0 aliphatic heterocycles. The molecule has 3 rings (SSSR count). The molecule has 0 spiro atoms. The largest absolute Gasteiger partial charge is 0.489 e. The van der Waals surface area contributed by atoms with Crippen LogP contribution in [0.3, 0.4) is 0 Å². The van der Waals surface area contributed by atoms with E-state index in [1.165, 1.54) is 0 Å². The lowest BCUT2D eigenvalue weighted by atomic mass is 10.2. The summed E-state index contributed by atoms with van der Waals surface area (Å²) in [6, 6.07) is 17.5. The van der Waals surface area contributed by atoms with E-state index >= 15 is 0 Å². The predicted octanol–water partition coefficient (Wildman–Crippen LogP) is 5.56. The zero-order valence-corrected chi connectivity index (χ0v) is 15.3. The average Bonchev–Trinajstić information content (AvgIpc) is 3.09. The van der Waals surface area contributed by atoms with Crippen molar-refractivity contribution in [2.24, 2.45) is 0 Å². The van der Waals surface area contributed by atoms with Gasteiger partial charge in [0.1, 0.15) is 18.1 Å². The molecule has 0 saturated heterocycles. The molecule has 2 aromatic carbocycles. The lowest BCUT2D eigenvalue weighted by molar-refractivity contribution is 0.302. The predicted molar refractivity (Wildman–Crippen MR) is 99.2 cm³/mol. The van der Waals surface area contributed by atoms with Gasteiger partial charge in [0.25, 0.3) is 0 Å². The van der Waals surface area contributed by atoms with Crippen molar-refractivity contribution in [2.45, 2.75) is 19.7 Å². The molecule has 0 amide bonds. The van der Waals surface area contributed by atoms with Crippen molar-refractivity contribution in [3.05, 3.63) is 87.2 Å². The van der Waals surface area contributed by atoms with E-state index in [9.17, 15) is 0 Å². The minimum Gasteiger partial charge on any atom is -0.489 e. The SMILES string of the molecule is Clc1ccccc1COc1ccc(Br)cc1CNCc1ccco1. The van der Waals surface area contributed by atoms with Crippen LogP contribution in [0.2, 0.25) is 5.02 Å². The highest BCUT2D eigenvalue weighted by atomic mass is 79.9. The third-order valence-corrected chi connectivity index (χ3v) is 4.42. The summed E-state index contributed by atoms with van der Waals surface area (Å²) < 4.78 is 12.3. The Labute approximate surface area is 154 Å². The molecule has 124 valence electrons. The Hall–Kier alpha value is -1.75. The first-order valence-electron chi connectivity index (χ1n) is 7.60. The first-order valence-corrected chi connectivity index (χ1v) is 8.77. The third kappa shape index (κ3) is 4.63. The number of hydrogen-bond donors (Lipinski definition) is 1. The quantitative estimate of drug-likeness (QED) is 0.557. The Morgan fingerprint density at radius 3 is 2.67 bits per heavy atom. The van der Waals surface area contributed by atoms with Crippen molar-refractivity contribution in [2.75, 3.05) is 0 Å². The summed E-state index contributed by atoms with van der Waals surface area (Å²) >= 11 is 9.70. The fourth-order valence-electron chi connectivity index (χ4n) is 2.33. The van der Waals surface area contributed by atoms with Gasteiger partial charge in [-0.15, -0.1) is 0 Å². The molecule has 0 aliphatic rings. The minimum absolute atomic E-state index is 0.437. The molecule has 0 bridgehead atoms. The maximum Gasteiger partial charge on any atom is 0.124 e. The Balaban J connectivity index is 1.65. The van der Waals surface area contributed by atoms with E-state index in [4.69, 9.17) is 20.8 Å². The van der Waals surface area contributed by atoms with Crippen LogP contribution in [0.1, 0.15) is 16.9 Å². The number of furan rings is 1. The fraction of sp³-hybridized carbons (Fsp3) is 0.158. The summed E-state index contributed by atoms with van der Waals surface area (Å²) in [5.74, 6) is 1.74. The van der Waals surface area contributed by atoms with Gasteiger partial charge in [0, 0.05) is 27.2 Å². The fourth-order valence-corrected chi connectivity index (χ4v) is 2.93. The van der Waals surface area contributed by atoms with Crippen LogP contribution in [0.4, 0.5) is 0 Å². The van der Waals surface area contributed by atoms with Crippen molar-refractivity contribution in [3.8, 4) is 5.75 Å². The van der Waals surface area contributed by atoms with Gasteiger partial charge in [-0.2, -0.15) is 0 Å². The van der Waals surface area contributed by atoms with Crippen molar-refractivity contribution in [1.82, 2.24) is 5.32 Å². The van der Waals surface area contributed by atoms with E-state index in [2.05, 4.69) is 27.3 Å². The smallest absolute Gasteiger partial charge is 0.124 e. The summed E-state index contributed by atoms with van der Waals surface area (Å²) in [5, 5.41) is 4.08. The molecule has 0 fully saturated rings. The number of hydrogen-bond acceptors (Lipinski definition) is 3. The van der Waals surface area contributed by atoms with Gasteiger partial charge in [0.2, 0.25) is 0 Å². The lowest BCUT2D eigenvalue weighted by Gasteiger charge is -2.13. The molecule has 24 heavy (non-hydrogen) atoms. The molecule has 1 N–H and O–H groups in total. The van der Waals surface area contributed by atoms with Gasteiger partial charge in [-0.25, -0.2) is 0 Å². The molecule has 1 aromatic heterocycles. The highest BCUT2D eigenvalue weighted by Crippen LogP contribution is 2.25. The third-order valence-electron chi connectivity index (χ3n) is 3.56. The van der Waals surface area contributed by atoms with E-state index in [-0.39, 0.29) is 0 Å². The summed E-state index contributed by atoms with van der Waals surface area (Å²) in [4.78, 5) is 0. The number of rotatable bonds is 7. The van der Waals surface area contributed by atoms with Crippen LogP contribution >= 0.6 is 27.5 Å². The molecule has 5 heteroatoms. The molecular weight excluding hydrogens is 390 g/mol. The van der Waals surface area contributed by atoms with E-state index < -0.39 is 0 Å². The molecule has 3 nitrogen and oxygen atoms in total. The van der Waals surface area contributed by atoms with Crippen LogP contribution in [-0.4, -0.2) is 0 Å². The monoisotopic (exact) mass is 405 g/mol. The van der Waals surface area contributed by atoms with Crippen LogP contribution in [0.25, 0.3) is 0 Å². The summed E-state index contributed by atoms with van der Waals surface area (Å²) in [6.45, 7) is 1.79. The van der Waals surface area contributed by atoms with Crippen molar-refractivity contribution < 1.29 is 9.15 Å². The first-order chi connectivity index (χ1) is 11.7. The van der Waals surface area contributed by atoms with Gasteiger partial charge < -0.3 is 14.5 Å². The maximum atomic E-state index is 6.19. The standard InChI is InChI=1S/C19H17BrClNO2/c20-16-7-8-19(24-13-14-4-1-2-6-18(14)21)15(10-16)11-22-12-17-5-3-9-23-17/h1-10,22H,11-13H2. The highest BCUT2D eigenvalue weighted by Gasteiger charge is 2.07. The van der Waals surface area contributed by atoms with Crippen LogP contribution in [0.5, 0.6) is 5.75 Å². The Kier molecular flexibility index (Phi) is 5.96. The van der Waals surface area contributed by atoms with Gasteiger partial charge in [-0.1, -0.05) is 45.7 Å².